The number of rotatable bonds is 4. The predicted molar refractivity (Wildman–Crippen MR) is 146 cm³/mol. The van der Waals surface area contributed by atoms with Gasteiger partial charge >= 0.3 is 5.97 Å². The number of fused-ring (bicyclic) bond motifs is 3. The van der Waals surface area contributed by atoms with Crippen LogP contribution in [0.2, 0.25) is 0 Å². The minimum atomic E-state index is -2.94. The lowest BCUT2D eigenvalue weighted by atomic mass is 9.54. The molecule has 4 aliphatic carbocycles. The van der Waals surface area contributed by atoms with Crippen LogP contribution < -0.4 is 5.73 Å². The Labute approximate surface area is 237 Å². The van der Waals surface area contributed by atoms with Gasteiger partial charge in [0.25, 0.3) is 5.91 Å². The summed E-state index contributed by atoms with van der Waals surface area (Å²) in [5, 5.41) is 45.6. The highest BCUT2D eigenvalue weighted by Crippen LogP contribution is 2.57. The smallest absolute Gasteiger partial charge is 0.309 e. The van der Waals surface area contributed by atoms with Gasteiger partial charge in [-0.05, 0) is 57.0 Å². The predicted octanol–water partition coefficient (Wildman–Crippen LogP) is 1.94. The third-order valence-corrected chi connectivity index (χ3v) is 9.49. The topological polar surface area (TPSA) is 188 Å². The second kappa shape index (κ2) is 9.99. The molecule has 41 heavy (non-hydrogen) atoms. The number of aromatic hydroxyl groups is 1. The molecule has 6 N–H and O–H groups in total. The zero-order chi connectivity index (χ0) is 30.1. The first-order valence-corrected chi connectivity index (χ1v) is 13.9. The van der Waals surface area contributed by atoms with Crippen molar-refractivity contribution in [1.82, 2.24) is 4.90 Å². The molecule has 11 nitrogen and oxygen atoms in total. The Balaban J connectivity index is 1.81. The summed E-state index contributed by atoms with van der Waals surface area (Å²) in [6.07, 6.45) is 2.45. The quantitative estimate of drug-likeness (QED) is 0.265. The molecule has 0 radical (unpaired) electrons. The second-order valence-corrected chi connectivity index (χ2v) is 12.0. The van der Waals surface area contributed by atoms with E-state index in [4.69, 9.17) is 10.5 Å². The number of nitrogens with zero attached hydrogens (tertiary/aromatic N) is 1. The average Bonchev–Trinajstić information content (AvgIpc) is 2.91. The summed E-state index contributed by atoms with van der Waals surface area (Å²) in [7, 11) is 3.00. The highest BCUT2D eigenvalue weighted by atomic mass is 16.5. The van der Waals surface area contributed by atoms with Crippen LogP contribution in [0.25, 0.3) is 5.76 Å². The molecular weight excluding hydrogens is 532 g/mol. The van der Waals surface area contributed by atoms with Crippen LogP contribution in [0.3, 0.4) is 0 Å². The Morgan fingerprint density at radius 1 is 1.07 bits per heavy atom. The molecule has 0 spiro atoms. The number of phenolic OH excluding ortho intramolecular Hbond substituents is 1. The number of aliphatic hydroxyl groups excluding tert-OH is 2. The number of Topliss-reactive ketones (excluding diaryl/α,β-unsaturated/α-hetero) is 2. The van der Waals surface area contributed by atoms with Gasteiger partial charge in [-0.1, -0.05) is 32.3 Å². The molecule has 2 saturated carbocycles. The monoisotopic (exact) mass is 568 g/mol. The Bertz CT molecular complexity index is 1420. The maximum absolute atomic E-state index is 14.3. The van der Waals surface area contributed by atoms with Crippen molar-refractivity contribution in [1.29, 1.82) is 0 Å². The lowest BCUT2D eigenvalue weighted by molar-refractivity contribution is -0.188. The maximum Gasteiger partial charge on any atom is 0.309 e. The van der Waals surface area contributed by atoms with Gasteiger partial charge in [0, 0.05) is 11.5 Å². The van der Waals surface area contributed by atoms with Gasteiger partial charge in [-0.25, -0.2) is 0 Å². The molecular formula is C30H36N2O9. The van der Waals surface area contributed by atoms with Crippen LogP contribution in [0.15, 0.2) is 29.0 Å². The number of carbonyl (C=O) groups excluding carboxylic acids is 4. The van der Waals surface area contributed by atoms with Crippen LogP contribution >= 0.6 is 0 Å². The van der Waals surface area contributed by atoms with E-state index >= 15 is 0 Å². The number of hydrogen-bond donors (Lipinski definition) is 5. The number of benzene rings is 1. The Morgan fingerprint density at radius 3 is 2.29 bits per heavy atom. The van der Waals surface area contributed by atoms with Crippen LogP contribution in [0, 0.1) is 24.7 Å². The van der Waals surface area contributed by atoms with Crippen molar-refractivity contribution < 1.29 is 44.3 Å². The van der Waals surface area contributed by atoms with Crippen molar-refractivity contribution in [3.05, 3.63) is 45.7 Å². The summed E-state index contributed by atoms with van der Waals surface area (Å²) in [5.74, 6) is -9.84. The van der Waals surface area contributed by atoms with Crippen molar-refractivity contribution in [3.8, 4) is 5.75 Å². The third-order valence-electron chi connectivity index (χ3n) is 9.49. The highest BCUT2D eigenvalue weighted by molar-refractivity contribution is 6.24. The molecule has 0 unspecified atom stereocenters. The number of phenols is 1. The van der Waals surface area contributed by atoms with Gasteiger partial charge in [0.2, 0.25) is 5.78 Å². The normalized spacial score (nSPS) is 32.0. The molecule has 0 heterocycles. The van der Waals surface area contributed by atoms with E-state index in [2.05, 4.69) is 0 Å². The zero-order valence-corrected chi connectivity index (χ0v) is 23.5. The molecule has 0 aromatic heterocycles. The summed E-state index contributed by atoms with van der Waals surface area (Å²) in [6, 6.07) is 1.63. The number of likely N-dealkylation sites (N-methyl/N-ethyl adjacent to an activating group) is 1. The molecule has 1 aromatic carbocycles. The summed E-state index contributed by atoms with van der Waals surface area (Å²) in [4.78, 5) is 55.3. The fraction of sp³-hybridized carbons (Fsp3) is 0.533. The van der Waals surface area contributed by atoms with E-state index in [1.165, 1.54) is 25.1 Å². The summed E-state index contributed by atoms with van der Waals surface area (Å²) < 4.78 is 6.17. The first-order chi connectivity index (χ1) is 19.2. The Kier molecular flexibility index (Phi) is 7.02. The Hall–Kier alpha value is -3.70. The summed E-state index contributed by atoms with van der Waals surface area (Å²) in [5.41, 5.74) is 2.40. The van der Waals surface area contributed by atoms with Crippen LogP contribution in [-0.2, 0) is 23.9 Å². The van der Waals surface area contributed by atoms with E-state index in [0.717, 1.165) is 19.3 Å². The third kappa shape index (κ3) is 4.00. The van der Waals surface area contributed by atoms with Gasteiger partial charge in [0.15, 0.2) is 11.4 Å². The molecule has 4 aliphatic rings. The SMILES string of the molecule is Cc1ccc(O)c2c1[C@H](C)[C@@H]1C(=C2O)C(=O)[C@@]2(O)C(O)=C(C(N)=O)C(=O)[C@@H](N(C)C)[C@@H]2[C@H]1OC(=O)C1CCCCC1. The van der Waals surface area contributed by atoms with Crippen molar-refractivity contribution in [2.24, 2.45) is 23.5 Å². The Morgan fingerprint density at radius 2 is 1.71 bits per heavy atom. The van der Waals surface area contributed by atoms with Crippen molar-refractivity contribution >= 4 is 29.2 Å². The first kappa shape index (κ1) is 28.8. The van der Waals surface area contributed by atoms with Gasteiger partial charge in [0.1, 0.15) is 28.9 Å². The van der Waals surface area contributed by atoms with E-state index in [0.29, 0.717) is 24.0 Å². The number of carbonyl (C=O) groups is 4. The number of primary amides is 1. The van der Waals surface area contributed by atoms with Crippen LogP contribution in [0.4, 0.5) is 0 Å². The van der Waals surface area contributed by atoms with E-state index < -0.39 is 82.0 Å². The molecule has 6 atom stereocenters. The van der Waals surface area contributed by atoms with E-state index in [1.807, 2.05) is 0 Å². The van der Waals surface area contributed by atoms with E-state index in [-0.39, 0.29) is 16.9 Å². The standard InChI is InChI=1S/C30H36N2O9/c1-12-10-11-15(33)18-16(12)13(2)17-19(23(18)34)26(36)30(40)21(25(17)41-29(39)14-8-6-5-7-9-14)22(32(3)4)24(35)20(27(30)37)28(31)38/h10-11,13-14,17,21-22,25,33-34,37,40H,5-9H2,1-4H3,(H2,31,38)/t13-,17+,21+,22-,25-,30+/m0/s1. The van der Waals surface area contributed by atoms with Crippen LogP contribution in [-0.4, -0.2) is 80.6 Å². The number of amides is 1. The second-order valence-electron chi connectivity index (χ2n) is 12.0. The van der Waals surface area contributed by atoms with Crippen LogP contribution in [0.1, 0.15) is 61.6 Å². The molecule has 0 bridgehead atoms. The molecule has 0 saturated heterocycles. The van der Waals surface area contributed by atoms with E-state index in [1.54, 1.807) is 19.9 Å². The lowest BCUT2D eigenvalue weighted by Gasteiger charge is -2.54. The minimum Gasteiger partial charge on any atom is -0.508 e. The number of ether oxygens (including phenoxy) is 1. The number of aryl methyl sites for hydroxylation is 1. The van der Waals surface area contributed by atoms with Crippen molar-refractivity contribution in [2.45, 2.75) is 69.6 Å². The molecule has 220 valence electrons. The maximum atomic E-state index is 14.3. The highest BCUT2D eigenvalue weighted by Gasteiger charge is 2.69. The molecule has 1 aromatic rings. The molecule has 5 rings (SSSR count). The zero-order valence-electron chi connectivity index (χ0n) is 23.5. The van der Waals surface area contributed by atoms with Gasteiger partial charge in [-0.15, -0.1) is 0 Å². The first-order valence-electron chi connectivity index (χ1n) is 13.9. The number of ketones is 2. The summed E-state index contributed by atoms with van der Waals surface area (Å²) >= 11 is 0. The average molecular weight is 569 g/mol. The van der Waals surface area contributed by atoms with Crippen molar-refractivity contribution in [3.63, 3.8) is 0 Å². The largest absolute Gasteiger partial charge is 0.508 e. The van der Waals surface area contributed by atoms with Gasteiger partial charge in [0.05, 0.1) is 23.4 Å². The number of hydrogen-bond acceptors (Lipinski definition) is 10. The lowest BCUT2D eigenvalue weighted by Crippen LogP contribution is -2.71. The molecule has 2 fully saturated rings. The summed E-state index contributed by atoms with van der Waals surface area (Å²) in [6.45, 7) is 3.53. The molecule has 11 heteroatoms. The van der Waals surface area contributed by atoms with E-state index in [9.17, 15) is 39.6 Å². The number of esters is 1. The minimum absolute atomic E-state index is 0.00820. The number of nitrogens with two attached hydrogens (primary N) is 1. The number of aliphatic hydroxyl groups is 3. The molecule has 0 aliphatic heterocycles. The molecule has 1 amide bonds. The van der Waals surface area contributed by atoms with Gasteiger partial charge in [-0.2, -0.15) is 0 Å². The fourth-order valence-corrected chi connectivity index (χ4v) is 7.60. The van der Waals surface area contributed by atoms with Crippen LogP contribution in [0.5, 0.6) is 5.75 Å². The van der Waals surface area contributed by atoms with Gasteiger partial charge < -0.3 is 30.9 Å². The van der Waals surface area contributed by atoms with Gasteiger partial charge in [-0.3, -0.25) is 24.1 Å². The fourth-order valence-electron chi connectivity index (χ4n) is 7.60. The van der Waals surface area contributed by atoms with Crippen molar-refractivity contribution in [2.75, 3.05) is 14.1 Å².